The first-order valence-electron chi connectivity index (χ1n) is 9.44. The van der Waals surface area contributed by atoms with Crippen LogP contribution in [-0.2, 0) is 30.7 Å². The molecule has 3 aromatic rings. The van der Waals surface area contributed by atoms with Gasteiger partial charge in [0.2, 0.25) is 0 Å². The van der Waals surface area contributed by atoms with Crippen molar-refractivity contribution in [3.05, 3.63) is 59.8 Å². The predicted octanol–water partition coefficient (Wildman–Crippen LogP) is 3.49. The zero-order valence-corrected chi connectivity index (χ0v) is 19.0. The first-order valence-corrected chi connectivity index (χ1v) is 12.7. The smallest absolute Gasteiger partial charge is 0.268 e. The Labute approximate surface area is 177 Å². The van der Waals surface area contributed by atoms with E-state index in [0.29, 0.717) is 22.2 Å². The standard InChI is InChI=1S/C21H25NO6S2/c1-15(2)28-18-7-10-21-20(13-18)17(11-12-27-29(4,23)24)14-22(21)30(25,26)19-8-5-16(3)6-9-19/h5-10,13-15H,11-12H2,1-4H3. The topological polar surface area (TPSA) is 91.7 Å². The number of aromatic nitrogens is 1. The van der Waals surface area contributed by atoms with Gasteiger partial charge in [0, 0.05) is 11.6 Å². The lowest BCUT2D eigenvalue weighted by atomic mass is 10.1. The maximum atomic E-state index is 13.3. The lowest BCUT2D eigenvalue weighted by Gasteiger charge is -2.11. The first-order chi connectivity index (χ1) is 14.0. The molecule has 0 bridgehead atoms. The molecule has 0 radical (unpaired) electrons. The van der Waals surface area contributed by atoms with Crippen LogP contribution in [0.4, 0.5) is 0 Å². The zero-order chi connectivity index (χ0) is 22.1. The van der Waals surface area contributed by atoms with E-state index >= 15 is 0 Å². The molecule has 0 spiro atoms. The Kier molecular flexibility index (Phi) is 6.26. The molecule has 0 aliphatic heterocycles. The number of rotatable bonds is 8. The Morgan fingerprint density at radius 1 is 1.00 bits per heavy atom. The third-order valence-corrected chi connectivity index (χ3v) is 6.73. The molecule has 1 aromatic heterocycles. The second-order valence-electron chi connectivity index (χ2n) is 7.39. The van der Waals surface area contributed by atoms with Crippen molar-refractivity contribution >= 4 is 31.0 Å². The van der Waals surface area contributed by atoms with Crippen LogP contribution < -0.4 is 4.74 Å². The summed E-state index contributed by atoms with van der Waals surface area (Å²) in [5.41, 5.74) is 2.10. The van der Waals surface area contributed by atoms with Gasteiger partial charge >= 0.3 is 0 Å². The number of ether oxygens (including phenoxy) is 1. The predicted molar refractivity (Wildman–Crippen MR) is 116 cm³/mol. The van der Waals surface area contributed by atoms with Crippen molar-refractivity contribution in [2.75, 3.05) is 12.9 Å². The monoisotopic (exact) mass is 451 g/mol. The molecule has 0 atom stereocenters. The normalized spacial score (nSPS) is 12.6. The van der Waals surface area contributed by atoms with Crippen LogP contribution in [0.3, 0.4) is 0 Å². The van der Waals surface area contributed by atoms with Crippen LogP contribution >= 0.6 is 0 Å². The van der Waals surface area contributed by atoms with Gasteiger partial charge in [-0.15, -0.1) is 0 Å². The van der Waals surface area contributed by atoms with Crippen molar-refractivity contribution in [1.82, 2.24) is 3.97 Å². The Bertz CT molecular complexity index is 1260. The number of nitrogens with zero attached hydrogens (tertiary/aromatic N) is 1. The van der Waals surface area contributed by atoms with Gasteiger partial charge in [0.05, 0.1) is 29.4 Å². The zero-order valence-electron chi connectivity index (χ0n) is 17.3. The van der Waals surface area contributed by atoms with Crippen LogP contribution in [0.2, 0.25) is 0 Å². The largest absolute Gasteiger partial charge is 0.491 e. The molecule has 0 saturated carbocycles. The van der Waals surface area contributed by atoms with Gasteiger partial charge in [0.1, 0.15) is 5.75 Å². The van der Waals surface area contributed by atoms with E-state index in [1.165, 1.54) is 10.2 Å². The lowest BCUT2D eigenvalue weighted by molar-refractivity contribution is 0.242. The summed E-state index contributed by atoms with van der Waals surface area (Å²) in [7, 11) is -7.42. The van der Waals surface area contributed by atoms with Crippen molar-refractivity contribution < 1.29 is 25.8 Å². The molecule has 0 fully saturated rings. The molecule has 1 heterocycles. The molecule has 0 N–H and O–H groups in total. The maximum Gasteiger partial charge on any atom is 0.268 e. The average Bonchev–Trinajstić information content (AvgIpc) is 2.99. The summed E-state index contributed by atoms with van der Waals surface area (Å²) in [4.78, 5) is 0.173. The number of benzene rings is 2. The number of hydrogen-bond acceptors (Lipinski definition) is 6. The summed E-state index contributed by atoms with van der Waals surface area (Å²) in [5.74, 6) is 0.605. The van der Waals surface area contributed by atoms with Crippen molar-refractivity contribution in [2.24, 2.45) is 0 Å². The highest BCUT2D eigenvalue weighted by Gasteiger charge is 2.22. The highest BCUT2D eigenvalue weighted by Crippen LogP contribution is 2.30. The minimum absolute atomic E-state index is 0.0437. The van der Waals surface area contributed by atoms with Crippen molar-refractivity contribution in [3.63, 3.8) is 0 Å². The summed E-state index contributed by atoms with van der Waals surface area (Å²) < 4.78 is 61.0. The summed E-state index contributed by atoms with van der Waals surface area (Å²) in [5, 5.41) is 0.668. The lowest BCUT2D eigenvalue weighted by Crippen LogP contribution is -2.12. The van der Waals surface area contributed by atoms with E-state index in [9.17, 15) is 16.8 Å². The Morgan fingerprint density at radius 3 is 2.27 bits per heavy atom. The second-order valence-corrected chi connectivity index (χ2v) is 10.8. The van der Waals surface area contributed by atoms with Crippen molar-refractivity contribution in [3.8, 4) is 5.75 Å². The van der Waals surface area contributed by atoms with E-state index < -0.39 is 20.1 Å². The fourth-order valence-electron chi connectivity index (χ4n) is 3.12. The van der Waals surface area contributed by atoms with E-state index in [1.54, 1.807) is 42.5 Å². The molecule has 0 unspecified atom stereocenters. The van der Waals surface area contributed by atoms with Crippen LogP contribution in [0.5, 0.6) is 5.75 Å². The molecule has 7 nitrogen and oxygen atoms in total. The van der Waals surface area contributed by atoms with E-state index in [1.807, 2.05) is 20.8 Å². The fraction of sp³-hybridized carbons (Fsp3) is 0.333. The summed E-state index contributed by atoms with van der Waals surface area (Å²) in [6.45, 7) is 5.60. The fourth-order valence-corrected chi connectivity index (χ4v) is 4.89. The molecular weight excluding hydrogens is 426 g/mol. The van der Waals surface area contributed by atoms with Gasteiger partial charge in [-0.25, -0.2) is 12.4 Å². The molecular formula is C21H25NO6S2. The summed E-state index contributed by atoms with van der Waals surface area (Å²) in [6.07, 6.45) is 2.68. The van der Waals surface area contributed by atoms with E-state index in [2.05, 4.69) is 0 Å². The molecule has 162 valence electrons. The SMILES string of the molecule is Cc1ccc(S(=O)(=O)n2cc(CCOS(C)(=O)=O)c3cc(OC(C)C)ccc32)cc1. The van der Waals surface area contributed by atoms with Crippen LogP contribution in [0.1, 0.15) is 25.0 Å². The van der Waals surface area contributed by atoms with E-state index in [0.717, 1.165) is 11.8 Å². The van der Waals surface area contributed by atoms with Gasteiger partial charge in [0.25, 0.3) is 20.1 Å². The molecule has 9 heteroatoms. The Balaban J connectivity index is 2.10. The second kappa shape index (κ2) is 8.41. The Morgan fingerprint density at radius 2 is 1.67 bits per heavy atom. The van der Waals surface area contributed by atoms with Gasteiger partial charge in [-0.1, -0.05) is 17.7 Å². The maximum absolute atomic E-state index is 13.3. The average molecular weight is 452 g/mol. The van der Waals surface area contributed by atoms with Crippen LogP contribution in [0.15, 0.2) is 53.6 Å². The van der Waals surface area contributed by atoms with Crippen molar-refractivity contribution in [1.29, 1.82) is 0 Å². The number of hydrogen-bond donors (Lipinski definition) is 0. The third-order valence-electron chi connectivity index (χ3n) is 4.44. The van der Waals surface area contributed by atoms with Gasteiger partial charge in [-0.3, -0.25) is 4.18 Å². The molecule has 0 aliphatic carbocycles. The van der Waals surface area contributed by atoms with Crippen LogP contribution in [0, 0.1) is 6.92 Å². The van der Waals surface area contributed by atoms with Gasteiger partial charge < -0.3 is 4.74 Å². The van der Waals surface area contributed by atoms with Gasteiger partial charge in [-0.05, 0) is 63.1 Å². The Hall–Kier alpha value is -2.36. The molecule has 0 saturated heterocycles. The van der Waals surface area contributed by atoms with Gasteiger partial charge in [-0.2, -0.15) is 8.42 Å². The van der Waals surface area contributed by atoms with E-state index in [-0.39, 0.29) is 24.0 Å². The van der Waals surface area contributed by atoms with Crippen molar-refractivity contribution in [2.45, 2.75) is 38.2 Å². The minimum atomic E-state index is -3.83. The molecule has 2 aromatic carbocycles. The quantitative estimate of drug-likeness (QED) is 0.487. The van der Waals surface area contributed by atoms with Crippen LogP contribution in [-0.4, -0.2) is 39.8 Å². The molecule has 0 amide bonds. The number of aryl methyl sites for hydroxylation is 1. The van der Waals surface area contributed by atoms with Gasteiger partial charge in [0.15, 0.2) is 0 Å². The molecule has 3 rings (SSSR count). The first kappa shape index (κ1) is 22.3. The third kappa shape index (κ3) is 5.03. The van der Waals surface area contributed by atoms with Crippen LogP contribution in [0.25, 0.3) is 10.9 Å². The highest BCUT2D eigenvalue weighted by molar-refractivity contribution is 7.90. The molecule has 0 aliphatic rings. The highest BCUT2D eigenvalue weighted by atomic mass is 32.2. The summed E-state index contributed by atoms with van der Waals surface area (Å²) >= 11 is 0. The number of fused-ring (bicyclic) bond motifs is 1. The summed E-state index contributed by atoms with van der Waals surface area (Å²) in [6, 6.07) is 11.8. The molecule has 30 heavy (non-hydrogen) atoms. The minimum Gasteiger partial charge on any atom is -0.491 e. The van der Waals surface area contributed by atoms with E-state index in [4.69, 9.17) is 8.92 Å².